The fourth-order valence-corrected chi connectivity index (χ4v) is 2.58. The van der Waals surface area contributed by atoms with E-state index in [0.717, 1.165) is 0 Å². The Bertz CT molecular complexity index is 731. The number of rotatable bonds is 1. The molecule has 0 unspecified atom stereocenters. The van der Waals surface area contributed by atoms with E-state index < -0.39 is 41.2 Å². The maximum Gasteiger partial charge on any atom is 0.418 e. The highest BCUT2D eigenvalue weighted by Crippen LogP contribution is 2.40. The molecule has 1 saturated heterocycles. The molecule has 1 aromatic carbocycles. The molecule has 0 bridgehead atoms. The molecule has 2 aromatic rings. The van der Waals surface area contributed by atoms with Crippen LogP contribution in [-0.2, 0) is 12.4 Å². The van der Waals surface area contributed by atoms with Gasteiger partial charge in [0, 0.05) is 13.0 Å². The number of halogens is 7. The fourth-order valence-electron chi connectivity index (χ4n) is 2.58. The fraction of sp³-hybridized carbons (Fsp3) is 0.462. The Morgan fingerprint density at radius 1 is 1.04 bits per heavy atom. The van der Waals surface area contributed by atoms with Crippen LogP contribution in [0.15, 0.2) is 12.1 Å². The molecule has 0 spiro atoms. The zero-order valence-corrected chi connectivity index (χ0v) is 11.3. The maximum atomic E-state index is 13.2. The molecule has 0 radical (unpaired) electrons. The second-order valence-corrected chi connectivity index (χ2v) is 5.33. The number of H-pyrrole nitrogens is 1. The van der Waals surface area contributed by atoms with E-state index in [0.29, 0.717) is 6.07 Å². The van der Waals surface area contributed by atoms with Crippen LogP contribution in [0.25, 0.3) is 11.0 Å². The van der Waals surface area contributed by atoms with Crippen molar-refractivity contribution in [2.24, 2.45) is 0 Å². The third-order valence-electron chi connectivity index (χ3n) is 3.64. The van der Waals surface area contributed by atoms with Gasteiger partial charge in [-0.15, -0.1) is 0 Å². The minimum Gasteiger partial charge on any atom is -0.341 e. The van der Waals surface area contributed by atoms with Crippen molar-refractivity contribution in [3.05, 3.63) is 29.1 Å². The van der Waals surface area contributed by atoms with Crippen molar-refractivity contribution in [3.63, 3.8) is 0 Å². The molecule has 2 heterocycles. The molecule has 1 aliphatic heterocycles. The van der Waals surface area contributed by atoms with Gasteiger partial charge in [-0.3, -0.25) is 0 Å². The predicted molar refractivity (Wildman–Crippen MR) is 66.4 cm³/mol. The zero-order valence-electron chi connectivity index (χ0n) is 11.3. The Balaban J connectivity index is 2.16. The first-order valence-corrected chi connectivity index (χ1v) is 6.61. The lowest BCUT2D eigenvalue weighted by Crippen LogP contribution is -2.15. The molecule has 0 amide bonds. The normalized spacial score (nSPS) is 22.9. The third-order valence-corrected chi connectivity index (χ3v) is 3.64. The van der Waals surface area contributed by atoms with Crippen molar-refractivity contribution in [1.82, 2.24) is 15.3 Å². The number of aromatic nitrogens is 2. The first-order chi connectivity index (χ1) is 10.6. The second kappa shape index (κ2) is 5.08. The van der Waals surface area contributed by atoms with Gasteiger partial charge in [-0.25, -0.2) is 9.37 Å². The molecule has 1 aromatic heterocycles. The van der Waals surface area contributed by atoms with Crippen LogP contribution >= 0.6 is 0 Å². The van der Waals surface area contributed by atoms with Crippen LogP contribution in [0.4, 0.5) is 30.7 Å². The molecule has 0 saturated carbocycles. The SMILES string of the molecule is F[C@@H]1CN[C@@H](c2nc3c(C(F)(F)F)cc(C(F)(F)F)cc3[nH]2)C1. The number of nitrogens with zero attached hydrogens (tertiary/aromatic N) is 1. The number of fused-ring (bicyclic) bond motifs is 1. The third kappa shape index (κ3) is 2.99. The van der Waals surface area contributed by atoms with E-state index in [1.165, 1.54) is 0 Å². The number of hydrogen-bond acceptors (Lipinski definition) is 2. The lowest BCUT2D eigenvalue weighted by Gasteiger charge is -2.11. The quantitative estimate of drug-likeness (QED) is 0.771. The highest BCUT2D eigenvalue weighted by molar-refractivity contribution is 5.80. The van der Waals surface area contributed by atoms with Crippen LogP contribution in [0, 0.1) is 0 Å². The lowest BCUT2D eigenvalue weighted by molar-refractivity contribution is -0.142. The van der Waals surface area contributed by atoms with Crippen LogP contribution in [0.2, 0.25) is 0 Å². The summed E-state index contributed by atoms with van der Waals surface area (Å²) in [5, 5.41) is 2.71. The predicted octanol–water partition coefficient (Wildman–Crippen LogP) is 3.97. The number of alkyl halides is 7. The first kappa shape index (κ1) is 16.0. The molecule has 3 nitrogen and oxygen atoms in total. The van der Waals surface area contributed by atoms with Crippen molar-refractivity contribution in [3.8, 4) is 0 Å². The van der Waals surface area contributed by atoms with E-state index in [9.17, 15) is 30.7 Å². The van der Waals surface area contributed by atoms with Gasteiger partial charge in [-0.1, -0.05) is 0 Å². The summed E-state index contributed by atoms with van der Waals surface area (Å²) in [7, 11) is 0. The largest absolute Gasteiger partial charge is 0.418 e. The molecule has 0 aliphatic carbocycles. The summed E-state index contributed by atoms with van der Waals surface area (Å²) in [5.41, 5.74) is -3.88. The van der Waals surface area contributed by atoms with Crippen molar-refractivity contribution in [2.45, 2.75) is 31.0 Å². The molecule has 1 fully saturated rings. The van der Waals surface area contributed by atoms with Crippen LogP contribution in [0.3, 0.4) is 0 Å². The number of benzene rings is 1. The maximum absolute atomic E-state index is 13.2. The van der Waals surface area contributed by atoms with Gasteiger partial charge in [0.15, 0.2) is 0 Å². The summed E-state index contributed by atoms with van der Waals surface area (Å²) in [4.78, 5) is 6.19. The first-order valence-electron chi connectivity index (χ1n) is 6.61. The van der Waals surface area contributed by atoms with Gasteiger partial charge < -0.3 is 10.3 Å². The Labute approximate surface area is 124 Å². The minimum absolute atomic E-state index is 0.00665. The van der Waals surface area contributed by atoms with E-state index >= 15 is 0 Å². The van der Waals surface area contributed by atoms with Crippen molar-refractivity contribution in [1.29, 1.82) is 0 Å². The van der Waals surface area contributed by atoms with Crippen LogP contribution in [-0.4, -0.2) is 22.7 Å². The van der Waals surface area contributed by atoms with Gasteiger partial charge in [0.05, 0.1) is 22.7 Å². The second-order valence-electron chi connectivity index (χ2n) is 5.33. The topological polar surface area (TPSA) is 40.7 Å². The average molecular weight is 341 g/mol. The minimum atomic E-state index is -4.99. The number of nitrogens with one attached hydrogen (secondary N) is 2. The summed E-state index contributed by atoms with van der Waals surface area (Å²) in [6.07, 6.45) is -11.1. The number of aromatic amines is 1. The van der Waals surface area contributed by atoms with Gasteiger partial charge in [-0.2, -0.15) is 26.3 Å². The molecule has 3 rings (SSSR count). The standard InChI is InChI=1S/C13H10F7N3/c14-6-3-9(21-4-6)11-22-8-2-5(12(15,16)17)1-7(10(8)23-11)13(18,19)20/h1-2,6,9,21H,3-4H2,(H,22,23)/t6-,9+/m0/s1. The Morgan fingerprint density at radius 2 is 1.74 bits per heavy atom. The molecule has 2 N–H and O–H groups in total. The van der Waals surface area contributed by atoms with Crippen LogP contribution < -0.4 is 5.32 Å². The highest BCUT2D eigenvalue weighted by Gasteiger charge is 2.39. The number of hydrogen-bond donors (Lipinski definition) is 2. The summed E-state index contributed by atoms with van der Waals surface area (Å²) in [5.74, 6) is -0.00928. The molecule has 1 aliphatic rings. The van der Waals surface area contributed by atoms with Gasteiger partial charge in [0.25, 0.3) is 0 Å². The van der Waals surface area contributed by atoms with E-state index in [1.54, 1.807) is 0 Å². The Kier molecular flexibility index (Phi) is 3.54. The Morgan fingerprint density at radius 3 is 2.26 bits per heavy atom. The van der Waals surface area contributed by atoms with Gasteiger partial charge in [-0.05, 0) is 12.1 Å². The van der Waals surface area contributed by atoms with Crippen molar-refractivity contribution >= 4 is 11.0 Å². The van der Waals surface area contributed by atoms with E-state index in [-0.39, 0.29) is 30.4 Å². The molecular formula is C13H10F7N3. The molecule has 10 heteroatoms. The van der Waals surface area contributed by atoms with Gasteiger partial charge >= 0.3 is 12.4 Å². The highest BCUT2D eigenvalue weighted by atomic mass is 19.4. The van der Waals surface area contributed by atoms with Gasteiger partial charge in [0.1, 0.15) is 17.5 Å². The molecular weight excluding hydrogens is 331 g/mol. The van der Waals surface area contributed by atoms with E-state index in [4.69, 9.17) is 0 Å². The van der Waals surface area contributed by atoms with E-state index in [1.807, 2.05) is 0 Å². The molecule has 23 heavy (non-hydrogen) atoms. The molecule has 126 valence electrons. The smallest absolute Gasteiger partial charge is 0.341 e. The lowest BCUT2D eigenvalue weighted by atomic mass is 10.1. The molecule has 2 atom stereocenters. The Hall–Kier alpha value is -1.84. The monoisotopic (exact) mass is 341 g/mol. The summed E-state index contributed by atoms with van der Waals surface area (Å²) < 4.78 is 90.6. The number of imidazole rings is 1. The zero-order chi connectivity index (χ0) is 17.0. The van der Waals surface area contributed by atoms with Crippen molar-refractivity contribution in [2.75, 3.05) is 6.54 Å². The van der Waals surface area contributed by atoms with Crippen molar-refractivity contribution < 1.29 is 30.7 Å². The average Bonchev–Trinajstić information content (AvgIpc) is 3.00. The van der Waals surface area contributed by atoms with Gasteiger partial charge in [0.2, 0.25) is 0 Å². The summed E-state index contributed by atoms with van der Waals surface area (Å²) >= 11 is 0. The van der Waals surface area contributed by atoms with E-state index in [2.05, 4.69) is 15.3 Å². The van der Waals surface area contributed by atoms with Crippen LogP contribution in [0.1, 0.15) is 29.4 Å². The summed E-state index contributed by atoms with van der Waals surface area (Å²) in [6.45, 7) is 0.0155. The summed E-state index contributed by atoms with van der Waals surface area (Å²) in [6, 6.07) is -0.0523. The van der Waals surface area contributed by atoms with Crippen LogP contribution in [0.5, 0.6) is 0 Å².